The van der Waals surface area contributed by atoms with Crippen molar-refractivity contribution in [3.63, 3.8) is 0 Å². The summed E-state index contributed by atoms with van der Waals surface area (Å²) in [6, 6.07) is 18.4. The number of benzene rings is 3. The molecule has 0 spiro atoms. The van der Waals surface area contributed by atoms with Crippen molar-refractivity contribution in [1.29, 1.82) is 0 Å². The van der Waals surface area contributed by atoms with Crippen molar-refractivity contribution in [3.05, 3.63) is 83.9 Å². The fraction of sp³-hybridized carbons (Fsp3) is 0.240. The lowest BCUT2D eigenvalue weighted by atomic mass is 10.1. The number of para-hydroxylation sites is 1. The Labute approximate surface area is 189 Å². The average molecular weight is 460 g/mol. The predicted molar refractivity (Wildman–Crippen MR) is 116 cm³/mol. The zero-order chi connectivity index (χ0) is 23.8. The highest BCUT2D eigenvalue weighted by molar-refractivity contribution is 5.70. The van der Waals surface area contributed by atoms with E-state index >= 15 is 0 Å². The lowest BCUT2D eigenvalue weighted by molar-refractivity contribution is -0.138. The lowest BCUT2D eigenvalue weighted by Crippen LogP contribution is -2.16. The first kappa shape index (κ1) is 24.0. The third kappa shape index (κ3) is 7.45. The Bertz CT molecular complexity index is 1050. The summed E-state index contributed by atoms with van der Waals surface area (Å²) < 4.78 is 56.7. The van der Waals surface area contributed by atoms with E-state index in [1.54, 1.807) is 61.5 Å². The molecule has 0 aliphatic carbocycles. The number of alkyl halides is 3. The van der Waals surface area contributed by atoms with Crippen LogP contribution < -0.4 is 14.2 Å². The van der Waals surface area contributed by atoms with Gasteiger partial charge in [-0.1, -0.05) is 30.3 Å². The smallest absolute Gasteiger partial charge is 0.416 e. The van der Waals surface area contributed by atoms with Gasteiger partial charge in [-0.25, -0.2) is 0 Å². The third-order valence-electron chi connectivity index (χ3n) is 4.64. The molecule has 0 aliphatic rings. The van der Waals surface area contributed by atoms with Crippen LogP contribution in [0.1, 0.15) is 24.5 Å². The van der Waals surface area contributed by atoms with E-state index in [0.717, 1.165) is 12.1 Å². The van der Waals surface area contributed by atoms with Crippen LogP contribution in [0.5, 0.6) is 23.0 Å². The van der Waals surface area contributed by atoms with Gasteiger partial charge in [0, 0.05) is 6.42 Å². The Hall–Kier alpha value is -3.68. The number of halogens is 3. The molecular formula is C25H23F3O5. The first-order chi connectivity index (χ1) is 15.7. The Morgan fingerprint density at radius 1 is 0.939 bits per heavy atom. The topological polar surface area (TPSA) is 65.0 Å². The van der Waals surface area contributed by atoms with Crippen LogP contribution in [-0.2, 0) is 17.4 Å². The fourth-order valence-electron chi connectivity index (χ4n) is 2.97. The summed E-state index contributed by atoms with van der Waals surface area (Å²) in [6.45, 7) is 2.08. The van der Waals surface area contributed by atoms with Gasteiger partial charge in [0.2, 0.25) is 0 Å². The van der Waals surface area contributed by atoms with Gasteiger partial charge in [-0.3, -0.25) is 4.79 Å². The Morgan fingerprint density at radius 3 is 2.27 bits per heavy atom. The maximum Gasteiger partial charge on any atom is 0.416 e. The molecule has 0 radical (unpaired) electrons. The van der Waals surface area contributed by atoms with E-state index in [1.165, 1.54) is 6.07 Å². The summed E-state index contributed by atoms with van der Waals surface area (Å²) >= 11 is 0. The Kier molecular flexibility index (Phi) is 7.82. The average Bonchev–Trinajstić information content (AvgIpc) is 2.76. The summed E-state index contributed by atoms with van der Waals surface area (Å²) in [6.07, 6.45) is -4.48. The van der Waals surface area contributed by atoms with Gasteiger partial charge in [0.1, 0.15) is 11.5 Å². The van der Waals surface area contributed by atoms with Crippen LogP contribution in [0.4, 0.5) is 13.2 Å². The molecule has 0 heterocycles. The second-order valence-electron chi connectivity index (χ2n) is 7.35. The molecule has 0 aliphatic heterocycles. The van der Waals surface area contributed by atoms with Crippen molar-refractivity contribution in [2.45, 2.75) is 32.0 Å². The van der Waals surface area contributed by atoms with Gasteiger partial charge in [0.25, 0.3) is 0 Å². The number of hydrogen-bond acceptors (Lipinski definition) is 4. The molecule has 174 valence electrons. The summed E-state index contributed by atoms with van der Waals surface area (Å²) in [5, 5.41) is 8.81. The van der Waals surface area contributed by atoms with Crippen molar-refractivity contribution >= 4 is 5.97 Å². The molecule has 3 aromatic carbocycles. The van der Waals surface area contributed by atoms with E-state index in [1.807, 2.05) is 0 Å². The van der Waals surface area contributed by atoms with Crippen molar-refractivity contribution in [2.24, 2.45) is 0 Å². The molecular weight excluding hydrogens is 437 g/mol. The number of ether oxygens (including phenoxy) is 3. The Morgan fingerprint density at radius 2 is 1.64 bits per heavy atom. The SMILES string of the molecule is C[C@H](CCOc1ccc(CC(=O)O)cc1)Oc1ccc(C(F)(F)F)cc1Oc1ccccc1. The van der Waals surface area contributed by atoms with Crippen LogP contribution in [0, 0.1) is 0 Å². The molecule has 33 heavy (non-hydrogen) atoms. The summed E-state index contributed by atoms with van der Waals surface area (Å²) in [7, 11) is 0. The number of hydrogen-bond donors (Lipinski definition) is 1. The second kappa shape index (κ2) is 10.8. The molecule has 0 saturated heterocycles. The highest BCUT2D eigenvalue weighted by Crippen LogP contribution is 2.38. The van der Waals surface area contributed by atoms with Crippen molar-refractivity contribution in [1.82, 2.24) is 0 Å². The summed E-state index contributed by atoms with van der Waals surface area (Å²) in [4.78, 5) is 10.7. The molecule has 1 atom stereocenters. The van der Waals surface area contributed by atoms with E-state index < -0.39 is 17.7 Å². The van der Waals surface area contributed by atoms with Crippen LogP contribution in [0.15, 0.2) is 72.8 Å². The predicted octanol–water partition coefficient (Wildman–Crippen LogP) is 6.36. The number of rotatable bonds is 10. The van der Waals surface area contributed by atoms with Gasteiger partial charge in [0.05, 0.1) is 24.7 Å². The van der Waals surface area contributed by atoms with E-state index in [4.69, 9.17) is 19.3 Å². The molecule has 0 unspecified atom stereocenters. The molecule has 1 N–H and O–H groups in total. The van der Waals surface area contributed by atoms with Crippen molar-refractivity contribution < 1.29 is 37.3 Å². The molecule has 0 bridgehead atoms. The number of carboxylic acids is 1. The zero-order valence-corrected chi connectivity index (χ0v) is 17.8. The van der Waals surface area contributed by atoms with Gasteiger partial charge < -0.3 is 19.3 Å². The minimum Gasteiger partial charge on any atom is -0.493 e. The molecule has 8 heteroatoms. The van der Waals surface area contributed by atoms with Crippen molar-refractivity contribution in [2.75, 3.05) is 6.61 Å². The third-order valence-corrected chi connectivity index (χ3v) is 4.64. The first-order valence-corrected chi connectivity index (χ1v) is 10.2. The minimum atomic E-state index is -4.51. The van der Waals surface area contributed by atoms with Gasteiger partial charge in [-0.2, -0.15) is 13.2 Å². The van der Waals surface area contributed by atoms with Crippen LogP contribution >= 0.6 is 0 Å². The summed E-state index contributed by atoms with van der Waals surface area (Å²) in [5.74, 6) is 0.228. The van der Waals surface area contributed by atoms with Gasteiger partial charge in [-0.05, 0) is 55.0 Å². The molecule has 0 aromatic heterocycles. The van der Waals surface area contributed by atoms with E-state index in [9.17, 15) is 18.0 Å². The van der Waals surface area contributed by atoms with Gasteiger partial charge in [0.15, 0.2) is 11.5 Å². The van der Waals surface area contributed by atoms with Crippen LogP contribution in [0.25, 0.3) is 0 Å². The zero-order valence-electron chi connectivity index (χ0n) is 17.8. The number of aliphatic carboxylic acids is 1. The largest absolute Gasteiger partial charge is 0.493 e. The maximum atomic E-state index is 13.2. The first-order valence-electron chi connectivity index (χ1n) is 10.2. The normalized spacial score (nSPS) is 12.1. The van der Waals surface area contributed by atoms with E-state index in [-0.39, 0.29) is 24.0 Å². The molecule has 3 rings (SSSR count). The molecule has 3 aromatic rings. The molecule has 5 nitrogen and oxygen atoms in total. The number of carboxylic acid groups (broad SMARTS) is 1. The number of carbonyl (C=O) groups is 1. The van der Waals surface area contributed by atoms with Crippen molar-refractivity contribution in [3.8, 4) is 23.0 Å². The van der Waals surface area contributed by atoms with E-state index in [0.29, 0.717) is 30.1 Å². The lowest BCUT2D eigenvalue weighted by Gasteiger charge is -2.19. The Balaban J connectivity index is 1.62. The highest BCUT2D eigenvalue weighted by atomic mass is 19.4. The van der Waals surface area contributed by atoms with Crippen LogP contribution in [-0.4, -0.2) is 23.8 Å². The quantitative estimate of drug-likeness (QED) is 0.381. The van der Waals surface area contributed by atoms with Crippen LogP contribution in [0.3, 0.4) is 0 Å². The van der Waals surface area contributed by atoms with Gasteiger partial charge >= 0.3 is 12.1 Å². The summed E-state index contributed by atoms with van der Waals surface area (Å²) in [5.41, 5.74) is -0.164. The monoisotopic (exact) mass is 460 g/mol. The fourth-order valence-corrected chi connectivity index (χ4v) is 2.97. The molecule has 0 amide bonds. The highest BCUT2D eigenvalue weighted by Gasteiger charge is 2.31. The van der Waals surface area contributed by atoms with E-state index in [2.05, 4.69) is 0 Å². The maximum absolute atomic E-state index is 13.2. The second-order valence-corrected chi connectivity index (χ2v) is 7.35. The van der Waals surface area contributed by atoms with Gasteiger partial charge in [-0.15, -0.1) is 0 Å². The molecule has 0 saturated carbocycles. The molecule has 0 fully saturated rings. The minimum absolute atomic E-state index is 0.0298. The van der Waals surface area contributed by atoms with Crippen LogP contribution in [0.2, 0.25) is 0 Å². The standard InChI is InChI=1S/C25H23F3O5/c1-17(13-14-31-20-10-7-18(8-11-20)15-24(29)30)32-22-12-9-19(25(26,27)28)16-23(22)33-21-5-3-2-4-6-21/h2-12,16-17H,13-15H2,1H3,(H,29,30)/t17-/m1/s1.